The molecule has 0 saturated carbocycles. The SMILES string of the molecule is C=C(C)N(Cc1ccc(CC[C@H]2CCCN2c2ncnc(N)c2NC)c2ccccc12)CC(CC)CO.CC. The molecule has 1 aliphatic heterocycles. The highest BCUT2D eigenvalue weighted by atomic mass is 16.3. The van der Waals surface area contributed by atoms with Crippen molar-refractivity contribution < 1.29 is 5.11 Å². The molecule has 1 unspecified atom stereocenters. The van der Waals surface area contributed by atoms with Crippen LogP contribution >= 0.6 is 0 Å². The Bertz CT molecular complexity index is 1210. The minimum absolute atomic E-state index is 0.204. The summed E-state index contributed by atoms with van der Waals surface area (Å²) >= 11 is 0. The first kappa shape index (κ1) is 30.2. The van der Waals surface area contributed by atoms with Crippen LogP contribution in [-0.4, -0.2) is 52.8 Å². The van der Waals surface area contributed by atoms with Gasteiger partial charge in [0.05, 0.1) is 0 Å². The molecule has 4 N–H and O–H groups in total. The highest BCUT2D eigenvalue weighted by molar-refractivity contribution is 5.88. The number of allylic oxidation sites excluding steroid dienone is 1. The number of nitrogens with one attached hydrogen (secondary N) is 1. The lowest BCUT2D eigenvalue weighted by atomic mass is 9.94. The average Bonchev–Trinajstić information content (AvgIpc) is 3.43. The van der Waals surface area contributed by atoms with E-state index in [1.54, 1.807) is 6.33 Å². The van der Waals surface area contributed by atoms with Crippen molar-refractivity contribution >= 4 is 28.1 Å². The Labute approximate surface area is 235 Å². The maximum Gasteiger partial charge on any atom is 0.157 e. The first-order valence-corrected chi connectivity index (χ1v) is 14.5. The molecule has 0 amide bonds. The number of aryl methyl sites for hydroxylation is 1. The summed E-state index contributed by atoms with van der Waals surface area (Å²) in [6.07, 6.45) is 6.88. The van der Waals surface area contributed by atoms with Crippen molar-refractivity contribution in [3.8, 4) is 0 Å². The molecule has 4 rings (SSSR count). The van der Waals surface area contributed by atoms with E-state index in [0.29, 0.717) is 11.9 Å². The molecule has 2 aromatic carbocycles. The summed E-state index contributed by atoms with van der Waals surface area (Å²) in [5.74, 6) is 1.66. The Morgan fingerprint density at radius 2 is 1.87 bits per heavy atom. The van der Waals surface area contributed by atoms with Crippen LogP contribution in [-0.2, 0) is 13.0 Å². The van der Waals surface area contributed by atoms with Crippen molar-refractivity contribution in [1.29, 1.82) is 0 Å². The number of nitrogens with zero attached hydrogens (tertiary/aromatic N) is 4. The zero-order chi connectivity index (χ0) is 28.4. The van der Waals surface area contributed by atoms with Gasteiger partial charge >= 0.3 is 0 Å². The largest absolute Gasteiger partial charge is 0.396 e. The van der Waals surface area contributed by atoms with Crippen LogP contribution in [0.2, 0.25) is 0 Å². The fourth-order valence-corrected chi connectivity index (χ4v) is 5.55. The van der Waals surface area contributed by atoms with E-state index in [4.69, 9.17) is 5.73 Å². The fraction of sp³-hybridized carbons (Fsp3) is 0.500. The van der Waals surface area contributed by atoms with Gasteiger partial charge in [0.1, 0.15) is 12.0 Å². The zero-order valence-electron chi connectivity index (χ0n) is 24.6. The molecule has 1 aliphatic rings. The van der Waals surface area contributed by atoms with Crippen molar-refractivity contribution in [3.05, 3.63) is 66.1 Å². The van der Waals surface area contributed by atoms with Crippen LogP contribution in [0.4, 0.5) is 17.3 Å². The third-order valence-electron chi connectivity index (χ3n) is 7.82. The molecule has 0 spiro atoms. The van der Waals surface area contributed by atoms with Crippen molar-refractivity contribution in [2.24, 2.45) is 5.92 Å². The van der Waals surface area contributed by atoms with E-state index >= 15 is 0 Å². The smallest absolute Gasteiger partial charge is 0.157 e. The maximum absolute atomic E-state index is 9.74. The van der Waals surface area contributed by atoms with E-state index in [-0.39, 0.29) is 12.5 Å². The summed E-state index contributed by atoms with van der Waals surface area (Å²) in [4.78, 5) is 13.4. The molecule has 0 aliphatic carbocycles. The van der Waals surface area contributed by atoms with Crippen molar-refractivity contribution in [2.75, 3.05) is 42.7 Å². The summed E-state index contributed by atoms with van der Waals surface area (Å²) in [5.41, 5.74) is 10.7. The van der Waals surface area contributed by atoms with Gasteiger partial charge < -0.3 is 26.0 Å². The quantitative estimate of drug-likeness (QED) is 0.254. The number of nitrogen functional groups attached to an aromatic ring is 1. The number of anilines is 3. The molecule has 1 fully saturated rings. The van der Waals surface area contributed by atoms with Crippen LogP contribution in [0.3, 0.4) is 0 Å². The van der Waals surface area contributed by atoms with Gasteiger partial charge in [-0.05, 0) is 66.8 Å². The second-order valence-electron chi connectivity index (χ2n) is 10.2. The molecule has 3 aromatic rings. The van der Waals surface area contributed by atoms with Gasteiger partial charge in [0.2, 0.25) is 0 Å². The van der Waals surface area contributed by atoms with Crippen LogP contribution in [0, 0.1) is 5.92 Å². The van der Waals surface area contributed by atoms with Crippen LogP contribution in [0.15, 0.2) is 55.0 Å². The van der Waals surface area contributed by atoms with E-state index in [9.17, 15) is 5.11 Å². The number of rotatable bonds is 12. The molecule has 39 heavy (non-hydrogen) atoms. The highest BCUT2D eigenvalue weighted by Gasteiger charge is 2.28. The lowest BCUT2D eigenvalue weighted by Crippen LogP contribution is -2.31. The minimum atomic E-state index is 0.204. The average molecular weight is 533 g/mol. The first-order valence-electron chi connectivity index (χ1n) is 14.5. The fourth-order valence-electron chi connectivity index (χ4n) is 5.55. The second kappa shape index (κ2) is 14.7. The van der Waals surface area contributed by atoms with E-state index in [2.05, 4.69) is 81.9 Å². The molecule has 0 radical (unpaired) electrons. The monoisotopic (exact) mass is 532 g/mol. The van der Waals surface area contributed by atoms with E-state index < -0.39 is 0 Å². The standard InChI is InChI=1S/C30H42N6O.C2H6/c1-5-22(19-37)17-35(21(2)3)18-24-13-12-23(26-10-6-7-11-27(24)26)14-15-25-9-8-16-36(25)30-28(32-4)29(31)33-20-34-30;1-2/h6-7,10-13,20,22,25,32,37H,2,5,8-9,14-19H2,1,3-4H3,(H2,31,33,34);1-2H3/t22?,25-;/m1./s1. The maximum atomic E-state index is 9.74. The van der Waals surface area contributed by atoms with Crippen molar-refractivity contribution in [3.63, 3.8) is 0 Å². The van der Waals surface area contributed by atoms with Crippen LogP contribution in [0.5, 0.6) is 0 Å². The van der Waals surface area contributed by atoms with Gasteiger partial charge in [-0.3, -0.25) is 0 Å². The summed E-state index contributed by atoms with van der Waals surface area (Å²) in [6.45, 7) is 15.2. The van der Waals surface area contributed by atoms with Gasteiger partial charge in [0, 0.05) is 45.0 Å². The Morgan fingerprint density at radius 3 is 2.51 bits per heavy atom. The summed E-state index contributed by atoms with van der Waals surface area (Å²) in [6, 6.07) is 13.7. The number of benzene rings is 2. The van der Waals surface area contributed by atoms with E-state index in [0.717, 1.165) is 68.9 Å². The lowest BCUT2D eigenvalue weighted by molar-refractivity contribution is 0.177. The molecular formula is C32H48N6O. The molecular weight excluding hydrogens is 484 g/mol. The third-order valence-corrected chi connectivity index (χ3v) is 7.82. The van der Waals surface area contributed by atoms with Gasteiger partial charge in [-0.25, -0.2) is 9.97 Å². The summed E-state index contributed by atoms with van der Waals surface area (Å²) < 4.78 is 0. The third kappa shape index (κ3) is 7.21. The lowest BCUT2D eigenvalue weighted by Gasteiger charge is -2.29. The molecule has 2 atom stereocenters. The molecule has 212 valence electrons. The minimum Gasteiger partial charge on any atom is -0.396 e. The molecule has 7 nitrogen and oxygen atoms in total. The molecule has 1 aromatic heterocycles. The Kier molecular flexibility index (Phi) is 11.4. The van der Waals surface area contributed by atoms with Gasteiger partial charge in [0.25, 0.3) is 0 Å². The van der Waals surface area contributed by atoms with Crippen molar-refractivity contribution in [2.45, 2.75) is 72.4 Å². The van der Waals surface area contributed by atoms with Crippen LogP contribution < -0.4 is 16.0 Å². The Hall–Kier alpha value is -3.32. The molecule has 2 heterocycles. The Balaban J connectivity index is 0.00000205. The van der Waals surface area contributed by atoms with Gasteiger partial charge in [-0.1, -0.05) is 63.7 Å². The van der Waals surface area contributed by atoms with E-state index in [1.807, 2.05) is 20.9 Å². The van der Waals surface area contributed by atoms with Crippen molar-refractivity contribution in [1.82, 2.24) is 14.9 Å². The van der Waals surface area contributed by atoms with Crippen LogP contribution in [0.25, 0.3) is 10.8 Å². The number of aliphatic hydroxyl groups is 1. The van der Waals surface area contributed by atoms with Gasteiger partial charge in [-0.2, -0.15) is 0 Å². The highest BCUT2D eigenvalue weighted by Crippen LogP contribution is 2.35. The predicted octanol–water partition coefficient (Wildman–Crippen LogP) is 6.24. The number of hydrogen-bond acceptors (Lipinski definition) is 7. The number of aliphatic hydroxyl groups excluding tert-OH is 1. The number of hydrogen-bond donors (Lipinski definition) is 3. The van der Waals surface area contributed by atoms with Gasteiger partial charge in [-0.15, -0.1) is 0 Å². The first-order chi connectivity index (χ1) is 19.0. The number of nitrogens with two attached hydrogens (primary N) is 1. The molecule has 0 bridgehead atoms. The van der Waals surface area contributed by atoms with E-state index in [1.165, 1.54) is 21.9 Å². The number of aromatic nitrogens is 2. The summed E-state index contributed by atoms with van der Waals surface area (Å²) in [7, 11) is 1.87. The normalized spacial score (nSPS) is 15.5. The predicted molar refractivity (Wildman–Crippen MR) is 166 cm³/mol. The van der Waals surface area contributed by atoms with Gasteiger partial charge in [0.15, 0.2) is 11.6 Å². The number of fused-ring (bicyclic) bond motifs is 1. The Morgan fingerprint density at radius 1 is 1.18 bits per heavy atom. The van der Waals surface area contributed by atoms with Crippen LogP contribution in [0.1, 0.15) is 64.5 Å². The molecule has 7 heteroatoms. The topological polar surface area (TPSA) is 90.5 Å². The second-order valence-corrected chi connectivity index (χ2v) is 10.2. The summed E-state index contributed by atoms with van der Waals surface area (Å²) in [5, 5.41) is 15.6. The molecule has 1 saturated heterocycles. The zero-order valence-corrected chi connectivity index (χ0v) is 24.6.